The van der Waals surface area contributed by atoms with Crippen LogP contribution in [0.3, 0.4) is 0 Å². The largest absolute Gasteiger partial charge is 0.393 e. The second kappa shape index (κ2) is 10.1. The van der Waals surface area contributed by atoms with Gasteiger partial charge in [-0.3, -0.25) is 9.89 Å². The molecule has 1 amide bonds. The normalized spacial score (nSPS) is 23.8. The molecule has 2 aromatic carbocycles. The fraction of sp³-hybridized carbons (Fsp3) is 0.419. The van der Waals surface area contributed by atoms with Gasteiger partial charge in [0, 0.05) is 46.7 Å². The first kappa shape index (κ1) is 24.3. The first-order chi connectivity index (χ1) is 19.1. The van der Waals surface area contributed by atoms with E-state index in [-0.39, 0.29) is 18.1 Å². The molecule has 8 nitrogen and oxygen atoms in total. The molecule has 0 spiro atoms. The van der Waals surface area contributed by atoms with Gasteiger partial charge in [-0.1, -0.05) is 25.0 Å². The van der Waals surface area contributed by atoms with Gasteiger partial charge in [0.15, 0.2) is 5.82 Å². The lowest BCUT2D eigenvalue weighted by Gasteiger charge is -2.39. The van der Waals surface area contributed by atoms with Gasteiger partial charge in [-0.2, -0.15) is 5.10 Å². The number of fused-ring (bicyclic) bond motifs is 3. The lowest BCUT2D eigenvalue weighted by molar-refractivity contribution is 0.0919. The number of carbonyl (C=O) groups is 1. The molecule has 3 N–H and O–H groups in total. The molecule has 0 radical (unpaired) electrons. The summed E-state index contributed by atoms with van der Waals surface area (Å²) in [5, 5.41) is 22.1. The zero-order valence-electron chi connectivity index (χ0n) is 22.0. The first-order valence-electron chi connectivity index (χ1n) is 14.3. The molecule has 3 fully saturated rings. The van der Waals surface area contributed by atoms with E-state index in [0.29, 0.717) is 29.4 Å². The maximum Gasteiger partial charge on any atom is 0.251 e. The van der Waals surface area contributed by atoms with Crippen LogP contribution in [0.25, 0.3) is 22.2 Å². The molecule has 4 aromatic rings. The van der Waals surface area contributed by atoms with Crippen molar-refractivity contribution in [1.29, 1.82) is 0 Å². The van der Waals surface area contributed by atoms with Crippen LogP contribution in [-0.4, -0.2) is 49.4 Å². The number of aliphatic hydroxyl groups is 1. The van der Waals surface area contributed by atoms with Crippen molar-refractivity contribution in [2.75, 3.05) is 4.90 Å². The highest BCUT2D eigenvalue weighted by molar-refractivity contribution is 6.01. The Balaban J connectivity index is 1.14. The Morgan fingerprint density at radius 3 is 2.41 bits per heavy atom. The summed E-state index contributed by atoms with van der Waals surface area (Å²) in [6, 6.07) is 16.7. The number of amides is 1. The van der Waals surface area contributed by atoms with Crippen LogP contribution in [-0.2, 0) is 0 Å². The van der Waals surface area contributed by atoms with Crippen molar-refractivity contribution < 1.29 is 9.90 Å². The Bertz CT molecular complexity index is 1450. The maximum atomic E-state index is 13.5. The second-order valence-corrected chi connectivity index (χ2v) is 11.4. The molecule has 39 heavy (non-hydrogen) atoms. The molecule has 200 valence electrons. The number of aliphatic hydroxyl groups excluding tert-OH is 1. The van der Waals surface area contributed by atoms with Gasteiger partial charge in [0.2, 0.25) is 0 Å². The smallest absolute Gasteiger partial charge is 0.251 e. The minimum absolute atomic E-state index is 0.119. The van der Waals surface area contributed by atoms with Crippen LogP contribution in [0.4, 0.5) is 5.69 Å². The molecule has 1 saturated carbocycles. The van der Waals surface area contributed by atoms with Crippen LogP contribution in [0.15, 0.2) is 60.9 Å². The zero-order chi connectivity index (χ0) is 26.3. The molecule has 4 atom stereocenters. The number of hydrogen-bond donors (Lipinski definition) is 3. The summed E-state index contributed by atoms with van der Waals surface area (Å²) < 4.78 is 0. The summed E-state index contributed by atoms with van der Waals surface area (Å²) in [7, 11) is 0. The van der Waals surface area contributed by atoms with E-state index in [1.807, 2.05) is 18.2 Å². The van der Waals surface area contributed by atoms with Crippen LogP contribution in [0, 0.1) is 5.92 Å². The fourth-order valence-electron chi connectivity index (χ4n) is 7.12. The van der Waals surface area contributed by atoms with Gasteiger partial charge < -0.3 is 15.3 Å². The van der Waals surface area contributed by atoms with Gasteiger partial charge >= 0.3 is 0 Å². The predicted octanol–water partition coefficient (Wildman–Crippen LogP) is 5.17. The topological polar surface area (TPSA) is 107 Å². The molecule has 7 rings (SSSR count). The Morgan fingerprint density at radius 2 is 1.69 bits per heavy atom. The molecule has 2 saturated heterocycles. The number of anilines is 1. The van der Waals surface area contributed by atoms with E-state index >= 15 is 0 Å². The number of H-pyrrole nitrogens is 1. The van der Waals surface area contributed by atoms with E-state index < -0.39 is 0 Å². The second-order valence-electron chi connectivity index (χ2n) is 11.4. The summed E-state index contributed by atoms with van der Waals surface area (Å²) in [4.78, 5) is 24.9. The Kier molecular flexibility index (Phi) is 6.27. The van der Waals surface area contributed by atoms with Crippen molar-refractivity contribution in [3.63, 3.8) is 0 Å². The Hall–Kier alpha value is -3.78. The third-order valence-electron chi connectivity index (χ3n) is 8.99. The van der Waals surface area contributed by atoms with Gasteiger partial charge in [0.25, 0.3) is 5.91 Å². The number of nitrogens with one attached hydrogen (secondary N) is 2. The van der Waals surface area contributed by atoms with Gasteiger partial charge in [-0.25, -0.2) is 9.97 Å². The summed E-state index contributed by atoms with van der Waals surface area (Å²) >= 11 is 0. The van der Waals surface area contributed by atoms with E-state index in [9.17, 15) is 9.90 Å². The SMILES string of the molecule is O=C(N[C@@H](c1ncccn1)C1CCCC1)c1ccc2[nH]nc(-c3ccc(N4[C@@H]5CC[C@H]4CC(O)C5)cc3)c2c1. The maximum absolute atomic E-state index is 13.5. The van der Waals surface area contributed by atoms with Crippen LogP contribution in [0.5, 0.6) is 0 Å². The summed E-state index contributed by atoms with van der Waals surface area (Å²) in [5.74, 6) is 0.910. The van der Waals surface area contributed by atoms with E-state index in [1.54, 1.807) is 18.5 Å². The lowest BCUT2D eigenvalue weighted by atomic mass is 9.96. The van der Waals surface area contributed by atoms with Gasteiger partial charge in [0.05, 0.1) is 23.4 Å². The molecule has 1 unspecified atom stereocenters. The summed E-state index contributed by atoms with van der Waals surface area (Å²) in [6.45, 7) is 0. The quantitative estimate of drug-likeness (QED) is 0.322. The summed E-state index contributed by atoms with van der Waals surface area (Å²) in [6.07, 6.45) is 11.8. The van der Waals surface area contributed by atoms with E-state index in [2.05, 4.69) is 54.6 Å². The molecule has 2 aliphatic heterocycles. The van der Waals surface area contributed by atoms with Crippen molar-refractivity contribution in [3.8, 4) is 11.3 Å². The van der Waals surface area contributed by atoms with Gasteiger partial charge in [0.1, 0.15) is 0 Å². The van der Waals surface area contributed by atoms with Crippen molar-refractivity contribution >= 4 is 22.5 Å². The average Bonchev–Trinajstić information content (AvgIpc) is 3.70. The van der Waals surface area contributed by atoms with E-state index in [1.165, 1.54) is 18.5 Å². The molecular weight excluding hydrogens is 488 g/mol. The van der Waals surface area contributed by atoms with Crippen molar-refractivity contribution in [2.24, 2.45) is 5.92 Å². The zero-order valence-corrected chi connectivity index (χ0v) is 22.0. The van der Waals surface area contributed by atoms with Crippen LogP contribution < -0.4 is 10.2 Å². The highest BCUT2D eigenvalue weighted by atomic mass is 16.3. The number of benzene rings is 2. The number of rotatable bonds is 6. The Morgan fingerprint density at radius 1 is 0.974 bits per heavy atom. The monoisotopic (exact) mass is 522 g/mol. The van der Waals surface area contributed by atoms with Crippen molar-refractivity contribution in [1.82, 2.24) is 25.5 Å². The van der Waals surface area contributed by atoms with Gasteiger partial charge in [-0.05, 0) is 80.8 Å². The molecule has 3 aliphatic rings. The highest BCUT2D eigenvalue weighted by Gasteiger charge is 2.40. The molecular formula is C31H34N6O2. The number of piperidine rings is 1. The van der Waals surface area contributed by atoms with E-state index in [0.717, 1.165) is 60.7 Å². The molecule has 8 heteroatoms. The average molecular weight is 523 g/mol. The Labute approximate surface area is 227 Å². The third kappa shape index (κ3) is 4.56. The number of hydrogen-bond acceptors (Lipinski definition) is 6. The standard InChI is InChI=1S/C31H34N6O2/c38-25-17-23-11-12-24(18-25)37(23)22-9-6-20(7-10-22)28-26-16-21(8-13-27(26)35-36-28)31(39)34-29(19-4-1-2-5-19)30-32-14-3-15-33-30/h3,6-10,13-16,19,23-25,29,38H,1-2,4-5,11-12,17-18H2,(H,34,39)(H,35,36)/t23-,24+,25?,29-/m1/s1. The minimum Gasteiger partial charge on any atom is -0.393 e. The highest BCUT2D eigenvalue weighted by Crippen LogP contribution is 2.40. The number of aromatic amines is 1. The lowest BCUT2D eigenvalue weighted by Crippen LogP contribution is -2.44. The number of nitrogens with zero attached hydrogens (tertiary/aromatic N) is 4. The van der Waals surface area contributed by atoms with Crippen molar-refractivity contribution in [3.05, 3.63) is 72.3 Å². The van der Waals surface area contributed by atoms with Crippen LogP contribution >= 0.6 is 0 Å². The molecule has 2 bridgehead atoms. The molecule has 4 heterocycles. The first-order valence-corrected chi connectivity index (χ1v) is 14.3. The number of carbonyl (C=O) groups excluding carboxylic acids is 1. The predicted molar refractivity (Wildman–Crippen MR) is 150 cm³/mol. The molecule has 2 aromatic heterocycles. The fourth-order valence-corrected chi connectivity index (χ4v) is 7.12. The number of aromatic nitrogens is 4. The van der Waals surface area contributed by atoms with Crippen molar-refractivity contribution in [2.45, 2.75) is 75.6 Å². The molecule has 1 aliphatic carbocycles. The van der Waals surface area contributed by atoms with Crippen LogP contribution in [0.1, 0.15) is 73.6 Å². The van der Waals surface area contributed by atoms with Crippen LogP contribution in [0.2, 0.25) is 0 Å². The van der Waals surface area contributed by atoms with Gasteiger partial charge in [-0.15, -0.1) is 0 Å². The third-order valence-corrected chi connectivity index (χ3v) is 8.99. The summed E-state index contributed by atoms with van der Waals surface area (Å²) in [5.41, 5.74) is 4.55. The minimum atomic E-state index is -0.195. The van der Waals surface area contributed by atoms with E-state index in [4.69, 9.17) is 0 Å².